The SMILES string of the molecule is CC(=O)c1ccc(Nc2ccc(OC3CCOCC3)c(C)c2)c([N+](=O)[O-])c1. The minimum Gasteiger partial charge on any atom is -0.490 e. The summed E-state index contributed by atoms with van der Waals surface area (Å²) in [4.78, 5) is 22.3. The van der Waals surface area contributed by atoms with Gasteiger partial charge in [0.05, 0.1) is 18.1 Å². The molecule has 0 aliphatic carbocycles. The van der Waals surface area contributed by atoms with Gasteiger partial charge in [0.25, 0.3) is 5.69 Å². The number of hydrogen-bond acceptors (Lipinski definition) is 6. The predicted octanol–water partition coefficient (Wildman–Crippen LogP) is 4.41. The maximum atomic E-state index is 11.5. The van der Waals surface area contributed by atoms with Crippen LogP contribution in [0.15, 0.2) is 36.4 Å². The van der Waals surface area contributed by atoms with Crippen LogP contribution >= 0.6 is 0 Å². The highest BCUT2D eigenvalue weighted by Gasteiger charge is 2.18. The third-order valence-corrected chi connectivity index (χ3v) is 4.52. The number of aryl methyl sites for hydroxylation is 1. The van der Waals surface area contributed by atoms with Crippen LogP contribution in [0.1, 0.15) is 35.7 Å². The number of nitro benzene ring substituents is 1. The molecule has 3 rings (SSSR count). The highest BCUT2D eigenvalue weighted by molar-refractivity contribution is 5.95. The molecule has 0 spiro atoms. The molecule has 2 aromatic carbocycles. The lowest BCUT2D eigenvalue weighted by Gasteiger charge is -2.24. The Morgan fingerprint density at radius 1 is 1.22 bits per heavy atom. The van der Waals surface area contributed by atoms with Crippen molar-refractivity contribution in [3.63, 3.8) is 0 Å². The van der Waals surface area contributed by atoms with Gasteiger partial charge in [-0.3, -0.25) is 14.9 Å². The van der Waals surface area contributed by atoms with Crippen molar-refractivity contribution in [3.05, 3.63) is 57.6 Å². The Balaban J connectivity index is 1.78. The van der Waals surface area contributed by atoms with Crippen LogP contribution in [0.5, 0.6) is 5.75 Å². The van der Waals surface area contributed by atoms with Crippen molar-refractivity contribution in [2.75, 3.05) is 18.5 Å². The fraction of sp³-hybridized carbons (Fsp3) is 0.350. The van der Waals surface area contributed by atoms with Crippen LogP contribution in [0.4, 0.5) is 17.1 Å². The molecule has 1 N–H and O–H groups in total. The summed E-state index contributed by atoms with van der Waals surface area (Å²) >= 11 is 0. The summed E-state index contributed by atoms with van der Waals surface area (Å²) in [6.45, 7) is 4.74. The van der Waals surface area contributed by atoms with Gasteiger partial charge in [-0.1, -0.05) is 0 Å². The lowest BCUT2D eigenvalue weighted by molar-refractivity contribution is -0.383. The number of rotatable bonds is 6. The molecule has 1 aliphatic rings. The molecule has 0 saturated carbocycles. The van der Waals surface area contributed by atoms with E-state index in [0.29, 0.717) is 30.2 Å². The first-order valence-electron chi connectivity index (χ1n) is 8.85. The van der Waals surface area contributed by atoms with Gasteiger partial charge in [0, 0.05) is 30.2 Å². The first-order chi connectivity index (χ1) is 12.9. The van der Waals surface area contributed by atoms with Crippen LogP contribution in [-0.4, -0.2) is 30.0 Å². The third kappa shape index (κ3) is 4.62. The zero-order valence-corrected chi connectivity index (χ0v) is 15.4. The standard InChI is InChI=1S/C20H22N2O5/c1-13-11-16(4-6-20(13)27-17-7-9-26-10-8-17)21-18-5-3-15(14(2)23)12-19(18)22(24)25/h3-6,11-12,17,21H,7-10H2,1-2H3. The molecule has 0 bridgehead atoms. The zero-order chi connectivity index (χ0) is 19.4. The Morgan fingerprint density at radius 3 is 2.59 bits per heavy atom. The van der Waals surface area contributed by atoms with Gasteiger partial charge in [-0.2, -0.15) is 0 Å². The molecule has 0 unspecified atom stereocenters. The lowest BCUT2D eigenvalue weighted by atomic mass is 10.1. The van der Waals surface area contributed by atoms with Gasteiger partial charge in [0.15, 0.2) is 5.78 Å². The number of carbonyl (C=O) groups is 1. The van der Waals surface area contributed by atoms with E-state index >= 15 is 0 Å². The highest BCUT2D eigenvalue weighted by atomic mass is 16.6. The van der Waals surface area contributed by atoms with E-state index in [1.807, 2.05) is 25.1 Å². The Bertz CT molecular complexity index is 859. The van der Waals surface area contributed by atoms with Crippen LogP contribution in [0.2, 0.25) is 0 Å². The second kappa shape index (κ2) is 8.18. The van der Waals surface area contributed by atoms with Crippen molar-refractivity contribution in [1.82, 2.24) is 0 Å². The fourth-order valence-corrected chi connectivity index (χ4v) is 3.00. The number of nitrogens with one attached hydrogen (secondary N) is 1. The van der Waals surface area contributed by atoms with Crippen molar-refractivity contribution in [3.8, 4) is 5.75 Å². The molecule has 0 atom stereocenters. The summed E-state index contributed by atoms with van der Waals surface area (Å²) in [5.74, 6) is 0.587. The minimum atomic E-state index is -0.496. The second-order valence-electron chi connectivity index (χ2n) is 6.58. The molecule has 0 amide bonds. The molecule has 142 valence electrons. The first kappa shape index (κ1) is 18.8. The number of benzene rings is 2. The van der Waals surface area contributed by atoms with E-state index in [2.05, 4.69) is 5.32 Å². The molecule has 1 aliphatic heterocycles. The van der Waals surface area contributed by atoms with E-state index in [1.54, 1.807) is 12.1 Å². The van der Waals surface area contributed by atoms with Crippen LogP contribution in [0.25, 0.3) is 0 Å². The van der Waals surface area contributed by atoms with Crippen molar-refractivity contribution in [2.24, 2.45) is 0 Å². The molecule has 7 nitrogen and oxygen atoms in total. The number of nitrogens with zero attached hydrogens (tertiary/aromatic N) is 1. The van der Waals surface area contributed by atoms with Gasteiger partial charge in [0.1, 0.15) is 17.5 Å². The van der Waals surface area contributed by atoms with E-state index in [1.165, 1.54) is 13.0 Å². The minimum absolute atomic E-state index is 0.136. The number of hydrogen-bond donors (Lipinski definition) is 1. The van der Waals surface area contributed by atoms with Crippen LogP contribution in [0.3, 0.4) is 0 Å². The van der Waals surface area contributed by atoms with Gasteiger partial charge < -0.3 is 14.8 Å². The number of Topliss-reactive ketones (excluding diaryl/α,β-unsaturated/α-hetero) is 1. The highest BCUT2D eigenvalue weighted by Crippen LogP contribution is 2.31. The van der Waals surface area contributed by atoms with Gasteiger partial charge in [-0.15, -0.1) is 0 Å². The van der Waals surface area contributed by atoms with Crippen molar-refractivity contribution in [2.45, 2.75) is 32.8 Å². The largest absolute Gasteiger partial charge is 0.490 e. The normalized spacial score (nSPS) is 14.6. The smallest absolute Gasteiger partial charge is 0.293 e. The molecule has 1 saturated heterocycles. The molecule has 0 aromatic heterocycles. The van der Waals surface area contributed by atoms with Gasteiger partial charge >= 0.3 is 0 Å². The fourth-order valence-electron chi connectivity index (χ4n) is 3.00. The Kier molecular flexibility index (Phi) is 5.71. The van der Waals surface area contributed by atoms with Crippen molar-refractivity contribution < 1.29 is 19.2 Å². The number of ketones is 1. The van der Waals surface area contributed by atoms with E-state index in [9.17, 15) is 14.9 Å². The topological polar surface area (TPSA) is 90.7 Å². The predicted molar refractivity (Wildman–Crippen MR) is 102 cm³/mol. The Labute approximate surface area is 157 Å². The summed E-state index contributed by atoms with van der Waals surface area (Å²) in [5.41, 5.74) is 2.16. The van der Waals surface area contributed by atoms with E-state index < -0.39 is 4.92 Å². The monoisotopic (exact) mass is 370 g/mol. The van der Waals surface area contributed by atoms with Gasteiger partial charge in [-0.05, 0) is 49.7 Å². The average Bonchev–Trinajstić information content (AvgIpc) is 2.65. The average molecular weight is 370 g/mol. The molecule has 7 heteroatoms. The summed E-state index contributed by atoms with van der Waals surface area (Å²) in [7, 11) is 0. The van der Waals surface area contributed by atoms with Crippen LogP contribution in [-0.2, 0) is 4.74 Å². The Morgan fingerprint density at radius 2 is 1.96 bits per heavy atom. The summed E-state index contributed by atoms with van der Waals surface area (Å²) in [6.07, 6.45) is 1.89. The molecule has 1 heterocycles. The number of carbonyl (C=O) groups excluding carboxylic acids is 1. The van der Waals surface area contributed by atoms with Crippen molar-refractivity contribution in [1.29, 1.82) is 0 Å². The summed E-state index contributed by atoms with van der Waals surface area (Å²) in [6, 6.07) is 9.99. The van der Waals surface area contributed by atoms with E-state index in [4.69, 9.17) is 9.47 Å². The van der Waals surface area contributed by atoms with E-state index in [0.717, 1.165) is 24.2 Å². The van der Waals surface area contributed by atoms with Crippen LogP contribution < -0.4 is 10.1 Å². The quantitative estimate of drug-likeness (QED) is 0.460. The van der Waals surface area contributed by atoms with Crippen molar-refractivity contribution >= 4 is 22.8 Å². The Hall–Kier alpha value is -2.93. The van der Waals surface area contributed by atoms with E-state index in [-0.39, 0.29) is 17.6 Å². The number of nitro groups is 1. The van der Waals surface area contributed by atoms with Gasteiger partial charge in [0.2, 0.25) is 0 Å². The lowest BCUT2D eigenvalue weighted by Crippen LogP contribution is -2.26. The molecule has 27 heavy (non-hydrogen) atoms. The summed E-state index contributed by atoms with van der Waals surface area (Å²) < 4.78 is 11.4. The second-order valence-corrected chi connectivity index (χ2v) is 6.58. The first-order valence-corrected chi connectivity index (χ1v) is 8.85. The molecule has 0 radical (unpaired) electrons. The molecule has 1 fully saturated rings. The number of anilines is 2. The van der Waals surface area contributed by atoms with Gasteiger partial charge in [-0.25, -0.2) is 0 Å². The third-order valence-electron chi connectivity index (χ3n) is 4.52. The maximum absolute atomic E-state index is 11.5. The van der Waals surface area contributed by atoms with Crippen LogP contribution in [0, 0.1) is 17.0 Å². The summed E-state index contributed by atoms with van der Waals surface area (Å²) in [5, 5.41) is 14.4. The maximum Gasteiger partial charge on any atom is 0.293 e. The number of ether oxygens (including phenoxy) is 2. The zero-order valence-electron chi connectivity index (χ0n) is 15.4. The molecular weight excluding hydrogens is 348 g/mol. The molecular formula is C20H22N2O5. The molecule has 2 aromatic rings.